The Bertz CT molecular complexity index is 1020. The highest BCUT2D eigenvalue weighted by atomic mass is 32.2. The number of hydrogen-bond acceptors (Lipinski definition) is 3. The summed E-state index contributed by atoms with van der Waals surface area (Å²) in [5, 5.41) is 2.79. The van der Waals surface area contributed by atoms with E-state index in [0.717, 1.165) is 15.4 Å². The minimum atomic E-state index is -3.87. The van der Waals surface area contributed by atoms with Crippen LogP contribution in [0.15, 0.2) is 89.8 Å². The Morgan fingerprint density at radius 3 is 2.04 bits per heavy atom. The second-order valence-electron chi connectivity index (χ2n) is 6.42. The minimum Gasteiger partial charge on any atom is -0.350 e. The molecule has 0 aliphatic heterocycles. The highest BCUT2D eigenvalue weighted by Crippen LogP contribution is 2.23. The van der Waals surface area contributed by atoms with Crippen LogP contribution >= 0.6 is 0 Å². The maximum atomic E-state index is 13.2. The van der Waals surface area contributed by atoms with Crippen LogP contribution in [0.4, 0.5) is 5.69 Å². The molecule has 3 rings (SSSR count). The lowest BCUT2D eigenvalue weighted by Gasteiger charge is -2.24. The van der Waals surface area contributed by atoms with E-state index in [1.54, 1.807) is 30.3 Å². The molecule has 6 heteroatoms. The first-order valence-corrected chi connectivity index (χ1v) is 10.4. The Kier molecular flexibility index (Phi) is 6.11. The number of nitrogens with one attached hydrogen (secondary N) is 1. The molecule has 0 aliphatic rings. The molecule has 1 amide bonds. The number of nitrogens with zero attached hydrogens (tertiary/aromatic N) is 1. The third-order valence-corrected chi connectivity index (χ3v) is 6.06. The molecule has 1 N–H and O–H groups in total. The molecule has 0 atom stereocenters. The molecule has 3 aromatic carbocycles. The van der Waals surface area contributed by atoms with Gasteiger partial charge in [-0.15, -0.1) is 0 Å². The van der Waals surface area contributed by atoms with Crippen molar-refractivity contribution in [1.29, 1.82) is 0 Å². The number of hydrogen-bond donors (Lipinski definition) is 1. The first-order valence-electron chi connectivity index (χ1n) is 8.92. The Labute approximate surface area is 165 Å². The second-order valence-corrected chi connectivity index (χ2v) is 8.28. The van der Waals surface area contributed by atoms with Crippen molar-refractivity contribution in [3.63, 3.8) is 0 Å². The van der Waals surface area contributed by atoms with Gasteiger partial charge in [0, 0.05) is 6.54 Å². The molecule has 0 bridgehead atoms. The van der Waals surface area contributed by atoms with Gasteiger partial charge in [-0.05, 0) is 36.8 Å². The molecular formula is C22H22N2O3S. The Morgan fingerprint density at radius 2 is 1.43 bits per heavy atom. The van der Waals surface area contributed by atoms with Crippen molar-refractivity contribution < 1.29 is 13.2 Å². The van der Waals surface area contributed by atoms with Gasteiger partial charge < -0.3 is 5.32 Å². The average molecular weight is 394 g/mol. The van der Waals surface area contributed by atoms with E-state index in [4.69, 9.17) is 0 Å². The van der Waals surface area contributed by atoms with Gasteiger partial charge >= 0.3 is 0 Å². The van der Waals surface area contributed by atoms with Crippen LogP contribution in [0.5, 0.6) is 0 Å². The van der Waals surface area contributed by atoms with Gasteiger partial charge in [-0.25, -0.2) is 8.42 Å². The monoisotopic (exact) mass is 394 g/mol. The van der Waals surface area contributed by atoms with Crippen LogP contribution in [-0.2, 0) is 21.4 Å². The molecule has 28 heavy (non-hydrogen) atoms. The summed E-state index contributed by atoms with van der Waals surface area (Å²) >= 11 is 0. The number of anilines is 1. The summed E-state index contributed by atoms with van der Waals surface area (Å²) in [7, 11) is -3.87. The van der Waals surface area contributed by atoms with Gasteiger partial charge in [-0.2, -0.15) is 0 Å². The highest BCUT2D eigenvalue weighted by Gasteiger charge is 2.26. The van der Waals surface area contributed by atoms with Gasteiger partial charge in [0.1, 0.15) is 6.54 Å². The molecule has 0 saturated carbocycles. The third-order valence-electron chi connectivity index (χ3n) is 4.27. The summed E-state index contributed by atoms with van der Waals surface area (Å²) in [6, 6.07) is 24.7. The van der Waals surface area contributed by atoms with E-state index in [0.29, 0.717) is 12.2 Å². The normalized spacial score (nSPS) is 11.0. The Morgan fingerprint density at radius 1 is 0.857 bits per heavy atom. The van der Waals surface area contributed by atoms with Crippen molar-refractivity contribution in [2.45, 2.75) is 18.4 Å². The van der Waals surface area contributed by atoms with Crippen LogP contribution in [0.25, 0.3) is 0 Å². The van der Waals surface area contributed by atoms with Gasteiger partial charge in [0.2, 0.25) is 5.91 Å². The fourth-order valence-corrected chi connectivity index (χ4v) is 4.17. The SMILES string of the molecule is Cc1ccc(N(CC(=O)NCc2ccccc2)S(=O)(=O)c2ccccc2)cc1. The van der Waals surface area contributed by atoms with E-state index in [1.165, 1.54) is 12.1 Å². The molecule has 0 unspecified atom stereocenters. The minimum absolute atomic E-state index is 0.145. The number of carbonyl (C=O) groups is 1. The predicted molar refractivity (Wildman–Crippen MR) is 110 cm³/mol. The molecule has 5 nitrogen and oxygen atoms in total. The lowest BCUT2D eigenvalue weighted by Crippen LogP contribution is -2.40. The highest BCUT2D eigenvalue weighted by molar-refractivity contribution is 7.92. The van der Waals surface area contributed by atoms with Gasteiger partial charge in [0.05, 0.1) is 10.6 Å². The largest absolute Gasteiger partial charge is 0.350 e. The summed E-state index contributed by atoms with van der Waals surface area (Å²) in [6.45, 7) is 1.96. The standard InChI is InChI=1S/C22H22N2O3S/c1-18-12-14-20(15-13-18)24(28(26,27)21-10-6-3-7-11-21)17-22(25)23-16-19-8-4-2-5-9-19/h2-15H,16-17H2,1H3,(H,23,25). The van der Waals surface area contributed by atoms with Crippen molar-refractivity contribution in [2.24, 2.45) is 0 Å². The quantitative estimate of drug-likeness (QED) is 0.667. The van der Waals surface area contributed by atoms with E-state index in [1.807, 2.05) is 49.4 Å². The molecule has 0 radical (unpaired) electrons. The fraction of sp³-hybridized carbons (Fsp3) is 0.136. The number of carbonyl (C=O) groups excluding carboxylic acids is 1. The van der Waals surface area contributed by atoms with Crippen molar-refractivity contribution in [2.75, 3.05) is 10.8 Å². The van der Waals surface area contributed by atoms with Crippen LogP contribution in [0, 0.1) is 6.92 Å². The molecular weight excluding hydrogens is 372 g/mol. The van der Waals surface area contributed by atoms with Crippen molar-refractivity contribution in [3.05, 3.63) is 96.1 Å². The summed E-state index contributed by atoms with van der Waals surface area (Å²) < 4.78 is 27.5. The number of aryl methyl sites for hydroxylation is 1. The zero-order chi connectivity index (χ0) is 20.0. The van der Waals surface area contributed by atoms with Gasteiger partial charge in [-0.1, -0.05) is 66.2 Å². The van der Waals surface area contributed by atoms with Crippen LogP contribution in [-0.4, -0.2) is 20.9 Å². The van der Waals surface area contributed by atoms with E-state index in [9.17, 15) is 13.2 Å². The lowest BCUT2D eigenvalue weighted by molar-refractivity contribution is -0.119. The molecule has 3 aromatic rings. The summed E-state index contributed by atoms with van der Waals surface area (Å²) in [6.07, 6.45) is 0. The van der Waals surface area contributed by atoms with Crippen LogP contribution in [0.1, 0.15) is 11.1 Å². The van der Waals surface area contributed by atoms with E-state index in [-0.39, 0.29) is 17.3 Å². The maximum absolute atomic E-state index is 13.2. The molecule has 0 saturated heterocycles. The number of rotatable bonds is 7. The molecule has 0 aromatic heterocycles. The first-order chi connectivity index (χ1) is 13.5. The maximum Gasteiger partial charge on any atom is 0.264 e. The molecule has 0 spiro atoms. The molecule has 0 aliphatic carbocycles. The lowest BCUT2D eigenvalue weighted by atomic mass is 10.2. The summed E-state index contributed by atoms with van der Waals surface area (Å²) in [5.41, 5.74) is 2.40. The first kappa shape index (κ1) is 19.6. The second kappa shape index (κ2) is 8.71. The van der Waals surface area contributed by atoms with Crippen molar-refractivity contribution >= 4 is 21.6 Å². The summed E-state index contributed by atoms with van der Waals surface area (Å²) in [4.78, 5) is 12.7. The van der Waals surface area contributed by atoms with Gasteiger partial charge in [0.15, 0.2) is 0 Å². The third kappa shape index (κ3) is 4.78. The number of amides is 1. The molecule has 0 heterocycles. The van der Waals surface area contributed by atoms with Crippen molar-refractivity contribution in [1.82, 2.24) is 5.32 Å². The average Bonchev–Trinajstić information content (AvgIpc) is 2.72. The van der Waals surface area contributed by atoms with E-state index < -0.39 is 10.0 Å². The summed E-state index contributed by atoms with van der Waals surface area (Å²) in [5.74, 6) is -0.371. The predicted octanol–water partition coefficient (Wildman–Crippen LogP) is 3.51. The fourth-order valence-electron chi connectivity index (χ4n) is 2.73. The van der Waals surface area contributed by atoms with Crippen molar-refractivity contribution in [3.8, 4) is 0 Å². The van der Waals surface area contributed by atoms with Gasteiger partial charge in [0.25, 0.3) is 10.0 Å². The van der Waals surface area contributed by atoms with Gasteiger partial charge in [-0.3, -0.25) is 9.10 Å². The van der Waals surface area contributed by atoms with Crippen LogP contribution in [0.3, 0.4) is 0 Å². The van der Waals surface area contributed by atoms with E-state index >= 15 is 0 Å². The Balaban J connectivity index is 1.84. The van der Waals surface area contributed by atoms with E-state index in [2.05, 4.69) is 5.32 Å². The Hall–Kier alpha value is -3.12. The van der Waals surface area contributed by atoms with Crippen LogP contribution in [0.2, 0.25) is 0 Å². The van der Waals surface area contributed by atoms with Crippen LogP contribution < -0.4 is 9.62 Å². The number of benzene rings is 3. The zero-order valence-electron chi connectivity index (χ0n) is 15.6. The molecule has 0 fully saturated rings. The zero-order valence-corrected chi connectivity index (χ0v) is 16.4. The topological polar surface area (TPSA) is 66.5 Å². The molecule has 144 valence electrons. The number of sulfonamides is 1. The smallest absolute Gasteiger partial charge is 0.264 e.